The number of amides is 1. The third kappa shape index (κ3) is 5.35. The molecule has 29 heavy (non-hydrogen) atoms. The fourth-order valence-electron chi connectivity index (χ4n) is 3.36. The number of hydrogen-bond donors (Lipinski definition) is 1. The largest absolute Gasteiger partial charge is 0.492 e. The van der Waals surface area contributed by atoms with Gasteiger partial charge in [-0.1, -0.05) is 30.3 Å². The smallest absolute Gasteiger partial charge is 0.243 e. The zero-order valence-corrected chi connectivity index (χ0v) is 17.6. The number of sulfonamides is 1. The van der Waals surface area contributed by atoms with Crippen molar-refractivity contribution in [3.05, 3.63) is 54.1 Å². The van der Waals surface area contributed by atoms with E-state index < -0.39 is 10.0 Å². The van der Waals surface area contributed by atoms with Crippen LogP contribution in [0.25, 0.3) is 0 Å². The predicted octanol–water partition coefficient (Wildman–Crippen LogP) is 2.55. The van der Waals surface area contributed by atoms with Gasteiger partial charge in [0.25, 0.3) is 0 Å². The van der Waals surface area contributed by atoms with Gasteiger partial charge in [-0.2, -0.15) is 4.31 Å². The van der Waals surface area contributed by atoms with Crippen LogP contribution in [0.1, 0.15) is 19.4 Å². The average Bonchev–Trinajstić information content (AvgIpc) is 2.70. The zero-order chi connectivity index (χ0) is 20.9. The van der Waals surface area contributed by atoms with E-state index in [1.54, 1.807) is 6.07 Å². The number of carbonyl (C=O) groups excluding carboxylic acids is 1. The summed E-state index contributed by atoms with van der Waals surface area (Å²) in [6.45, 7) is 6.63. The summed E-state index contributed by atoms with van der Waals surface area (Å²) in [6.07, 6.45) is 0. The first-order valence-electron chi connectivity index (χ1n) is 9.71. The summed E-state index contributed by atoms with van der Waals surface area (Å²) < 4.78 is 33.2. The maximum Gasteiger partial charge on any atom is 0.243 e. The maximum atomic E-state index is 13.1. The van der Waals surface area contributed by atoms with Gasteiger partial charge >= 0.3 is 0 Å². The third-order valence-corrected chi connectivity index (χ3v) is 6.67. The lowest BCUT2D eigenvalue weighted by atomic mass is 10.2. The van der Waals surface area contributed by atoms with Gasteiger partial charge in [0.2, 0.25) is 15.9 Å². The standard InChI is InChI=1S/C21H27N3O4S/c1-3-28-21-10-9-19(15-20(21)22-17(2)25)29(26,27)24-13-11-23(12-14-24)16-18-7-5-4-6-8-18/h4-10,15H,3,11-14,16H2,1-2H3,(H,22,25). The number of benzene rings is 2. The highest BCUT2D eigenvalue weighted by Crippen LogP contribution is 2.29. The van der Waals surface area contributed by atoms with Crippen LogP contribution >= 0.6 is 0 Å². The van der Waals surface area contributed by atoms with Crippen molar-refractivity contribution in [3.63, 3.8) is 0 Å². The summed E-state index contributed by atoms with van der Waals surface area (Å²) in [6, 6.07) is 14.7. The first kappa shape index (κ1) is 21.3. The number of nitrogens with zero attached hydrogens (tertiary/aromatic N) is 2. The molecule has 156 valence electrons. The molecule has 0 aliphatic carbocycles. The first-order valence-corrected chi connectivity index (χ1v) is 11.1. The second-order valence-electron chi connectivity index (χ2n) is 6.94. The number of rotatable bonds is 7. The van der Waals surface area contributed by atoms with E-state index in [0.29, 0.717) is 44.2 Å². The SMILES string of the molecule is CCOc1ccc(S(=O)(=O)N2CCN(Cc3ccccc3)CC2)cc1NC(C)=O. The van der Waals surface area contributed by atoms with E-state index in [1.165, 1.54) is 28.9 Å². The van der Waals surface area contributed by atoms with Crippen LogP contribution in [0.2, 0.25) is 0 Å². The Bertz CT molecular complexity index is 940. The van der Waals surface area contributed by atoms with Gasteiger partial charge in [-0.15, -0.1) is 0 Å². The van der Waals surface area contributed by atoms with E-state index in [4.69, 9.17) is 4.74 Å². The molecule has 1 N–H and O–H groups in total. The molecule has 0 spiro atoms. The Morgan fingerprint density at radius 2 is 1.76 bits per heavy atom. The Hall–Kier alpha value is -2.42. The molecule has 0 unspecified atom stereocenters. The number of nitrogens with one attached hydrogen (secondary N) is 1. The Morgan fingerprint density at radius 3 is 2.38 bits per heavy atom. The summed E-state index contributed by atoms with van der Waals surface area (Å²) in [4.78, 5) is 13.9. The summed E-state index contributed by atoms with van der Waals surface area (Å²) in [5, 5.41) is 2.65. The lowest BCUT2D eigenvalue weighted by molar-refractivity contribution is -0.114. The van der Waals surface area contributed by atoms with Crippen LogP contribution in [-0.2, 0) is 21.4 Å². The van der Waals surface area contributed by atoms with E-state index in [0.717, 1.165) is 6.54 Å². The molecule has 8 heteroatoms. The maximum absolute atomic E-state index is 13.1. The van der Waals surface area contributed by atoms with Crippen LogP contribution in [0, 0.1) is 0 Å². The van der Waals surface area contributed by atoms with Crippen molar-refractivity contribution in [2.24, 2.45) is 0 Å². The van der Waals surface area contributed by atoms with Crippen molar-refractivity contribution >= 4 is 21.6 Å². The van der Waals surface area contributed by atoms with Crippen LogP contribution in [0.15, 0.2) is 53.4 Å². The van der Waals surface area contributed by atoms with E-state index in [-0.39, 0.29) is 10.8 Å². The van der Waals surface area contributed by atoms with Crippen LogP contribution in [-0.4, -0.2) is 56.3 Å². The number of ether oxygens (including phenoxy) is 1. The highest BCUT2D eigenvalue weighted by molar-refractivity contribution is 7.89. The molecule has 0 saturated carbocycles. The van der Waals surface area contributed by atoms with E-state index in [1.807, 2.05) is 25.1 Å². The molecule has 1 aliphatic rings. The minimum absolute atomic E-state index is 0.154. The van der Waals surface area contributed by atoms with Gasteiger partial charge in [0.15, 0.2) is 0 Å². The number of piperazine rings is 1. The van der Waals surface area contributed by atoms with Crippen LogP contribution in [0.3, 0.4) is 0 Å². The lowest BCUT2D eigenvalue weighted by Crippen LogP contribution is -2.48. The summed E-state index contributed by atoms with van der Waals surface area (Å²) in [7, 11) is -3.65. The van der Waals surface area contributed by atoms with Crippen molar-refractivity contribution in [2.75, 3.05) is 38.1 Å². The van der Waals surface area contributed by atoms with Gasteiger partial charge in [-0.25, -0.2) is 8.42 Å². The van der Waals surface area contributed by atoms with Crippen LogP contribution < -0.4 is 10.1 Å². The van der Waals surface area contributed by atoms with Gasteiger partial charge in [-0.05, 0) is 30.7 Å². The Labute approximate surface area is 172 Å². The highest BCUT2D eigenvalue weighted by atomic mass is 32.2. The average molecular weight is 418 g/mol. The van der Waals surface area contributed by atoms with E-state index in [2.05, 4.69) is 22.3 Å². The molecular formula is C21H27N3O4S. The topological polar surface area (TPSA) is 79.0 Å². The number of hydrogen-bond acceptors (Lipinski definition) is 5. The molecule has 1 amide bonds. The Morgan fingerprint density at radius 1 is 1.07 bits per heavy atom. The van der Waals surface area contributed by atoms with Gasteiger partial charge < -0.3 is 10.1 Å². The molecule has 1 heterocycles. The highest BCUT2D eigenvalue weighted by Gasteiger charge is 2.29. The van der Waals surface area contributed by atoms with E-state index in [9.17, 15) is 13.2 Å². The van der Waals surface area contributed by atoms with Crippen molar-refractivity contribution in [1.82, 2.24) is 9.21 Å². The quantitative estimate of drug-likeness (QED) is 0.749. The summed E-state index contributed by atoms with van der Waals surface area (Å²) in [5.74, 6) is 0.171. The Balaban J connectivity index is 1.71. The monoisotopic (exact) mass is 417 g/mol. The van der Waals surface area contributed by atoms with Gasteiger partial charge in [-0.3, -0.25) is 9.69 Å². The van der Waals surface area contributed by atoms with Gasteiger partial charge in [0, 0.05) is 39.6 Å². The van der Waals surface area contributed by atoms with Crippen molar-refractivity contribution in [1.29, 1.82) is 0 Å². The number of anilines is 1. The van der Waals surface area contributed by atoms with Crippen molar-refractivity contribution in [3.8, 4) is 5.75 Å². The van der Waals surface area contributed by atoms with Crippen LogP contribution in [0.4, 0.5) is 5.69 Å². The van der Waals surface area contributed by atoms with Crippen molar-refractivity contribution < 1.29 is 17.9 Å². The number of carbonyl (C=O) groups is 1. The van der Waals surface area contributed by atoms with E-state index >= 15 is 0 Å². The molecule has 0 radical (unpaired) electrons. The molecule has 1 fully saturated rings. The molecule has 1 saturated heterocycles. The molecule has 7 nitrogen and oxygen atoms in total. The zero-order valence-electron chi connectivity index (χ0n) is 16.8. The molecule has 1 aliphatic heterocycles. The van der Waals surface area contributed by atoms with Crippen LogP contribution in [0.5, 0.6) is 5.75 Å². The molecule has 0 atom stereocenters. The molecular weight excluding hydrogens is 390 g/mol. The Kier molecular flexibility index (Phi) is 6.89. The summed E-state index contributed by atoms with van der Waals surface area (Å²) in [5.41, 5.74) is 1.58. The molecule has 0 aromatic heterocycles. The normalized spacial score (nSPS) is 15.8. The molecule has 3 rings (SSSR count). The van der Waals surface area contributed by atoms with Gasteiger partial charge in [0.05, 0.1) is 17.2 Å². The second kappa shape index (κ2) is 9.39. The van der Waals surface area contributed by atoms with Crippen molar-refractivity contribution in [2.45, 2.75) is 25.3 Å². The lowest BCUT2D eigenvalue weighted by Gasteiger charge is -2.34. The molecule has 0 bridgehead atoms. The minimum Gasteiger partial charge on any atom is -0.492 e. The fraction of sp³-hybridized carbons (Fsp3) is 0.381. The molecule has 2 aromatic carbocycles. The first-order chi connectivity index (χ1) is 13.9. The van der Waals surface area contributed by atoms with Gasteiger partial charge in [0.1, 0.15) is 5.75 Å². The molecule has 2 aromatic rings. The third-order valence-electron chi connectivity index (χ3n) is 4.78. The minimum atomic E-state index is -3.65. The summed E-state index contributed by atoms with van der Waals surface area (Å²) >= 11 is 0. The second-order valence-corrected chi connectivity index (χ2v) is 8.88. The fourth-order valence-corrected chi connectivity index (χ4v) is 4.81. The predicted molar refractivity (Wildman–Crippen MR) is 112 cm³/mol.